The number of hydrogen-bond acceptors (Lipinski definition) is 3. The largest absolute Gasteiger partial charge is 0.496 e. The van der Waals surface area contributed by atoms with Gasteiger partial charge in [-0.25, -0.2) is 8.42 Å². The van der Waals surface area contributed by atoms with Crippen LogP contribution in [0.3, 0.4) is 0 Å². The lowest BCUT2D eigenvalue weighted by molar-refractivity contribution is 0.406. The van der Waals surface area contributed by atoms with Crippen LogP contribution in [0.2, 0.25) is 0 Å². The lowest BCUT2D eigenvalue weighted by Crippen LogP contribution is -2.30. The topological polar surface area (TPSA) is 55.4 Å². The predicted octanol–water partition coefficient (Wildman–Crippen LogP) is 5.50. The molecule has 0 amide bonds. The average molecular weight is 424 g/mol. The molecule has 0 saturated heterocycles. The Hall–Kier alpha value is -2.63. The SMILES string of the molecule is COc1cc(C)c(S(=O)(=O)N[C@H](c2ccccc2)c2cccc(C)c2)cc1C(C)C. The molecule has 4 nitrogen and oxygen atoms in total. The van der Waals surface area contributed by atoms with Gasteiger partial charge >= 0.3 is 0 Å². The maximum Gasteiger partial charge on any atom is 0.241 e. The summed E-state index contributed by atoms with van der Waals surface area (Å²) in [6, 6.07) is 20.6. The van der Waals surface area contributed by atoms with Crippen molar-refractivity contribution in [2.75, 3.05) is 7.11 Å². The van der Waals surface area contributed by atoms with Crippen molar-refractivity contribution in [3.05, 3.63) is 94.5 Å². The molecule has 3 aromatic rings. The first kappa shape index (κ1) is 22.1. The van der Waals surface area contributed by atoms with Crippen molar-refractivity contribution in [3.63, 3.8) is 0 Å². The first-order valence-corrected chi connectivity index (χ1v) is 11.5. The number of methoxy groups -OCH3 is 1. The van der Waals surface area contributed by atoms with Gasteiger partial charge in [0.05, 0.1) is 18.0 Å². The summed E-state index contributed by atoms with van der Waals surface area (Å²) in [5, 5.41) is 0. The molecule has 0 unspecified atom stereocenters. The van der Waals surface area contributed by atoms with Crippen LogP contribution < -0.4 is 9.46 Å². The van der Waals surface area contributed by atoms with Gasteiger partial charge in [0.2, 0.25) is 10.0 Å². The molecule has 0 heterocycles. The van der Waals surface area contributed by atoms with E-state index < -0.39 is 16.1 Å². The number of sulfonamides is 1. The van der Waals surface area contributed by atoms with Crippen molar-refractivity contribution in [1.82, 2.24) is 4.72 Å². The maximum atomic E-state index is 13.5. The van der Waals surface area contributed by atoms with Gasteiger partial charge in [-0.1, -0.05) is 74.0 Å². The van der Waals surface area contributed by atoms with E-state index in [4.69, 9.17) is 4.74 Å². The van der Waals surface area contributed by atoms with E-state index in [0.717, 1.165) is 22.3 Å². The monoisotopic (exact) mass is 423 g/mol. The normalized spacial score (nSPS) is 12.7. The van der Waals surface area contributed by atoms with E-state index in [-0.39, 0.29) is 10.8 Å². The fourth-order valence-electron chi connectivity index (χ4n) is 3.64. The Bertz CT molecular complexity index is 1120. The molecule has 158 valence electrons. The van der Waals surface area contributed by atoms with Crippen LogP contribution >= 0.6 is 0 Å². The van der Waals surface area contributed by atoms with Gasteiger partial charge in [0.1, 0.15) is 5.75 Å². The van der Waals surface area contributed by atoms with Gasteiger partial charge in [-0.05, 0) is 54.2 Å². The lowest BCUT2D eigenvalue weighted by atomic mass is 9.98. The van der Waals surface area contributed by atoms with Crippen LogP contribution in [-0.2, 0) is 10.0 Å². The molecule has 1 N–H and O–H groups in total. The molecule has 5 heteroatoms. The molecule has 0 bridgehead atoms. The Morgan fingerprint density at radius 3 is 2.13 bits per heavy atom. The van der Waals surface area contributed by atoms with Crippen LogP contribution in [0.1, 0.15) is 53.6 Å². The van der Waals surface area contributed by atoms with Crippen LogP contribution in [-0.4, -0.2) is 15.5 Å². The quantitative estimate of drug-likeness (QED) is 0.546. The Balaban J connectivity index is 2.09. The number of benzene rings is 3. The summed E-state index contributed by atoms with van der Waals surface area (Å²) in [4.78, 5) is 0.278. The minimum Gasteiger partial charge on any atom is -0.496 e. The van der Waals surface area contributed by atoms with E-state index in [9.17, 15) is 8.42 Å². The van der Waals surface area contributed by atoms with E-state index in [1.165, 1.54) is 0 Å². The summed E-state index contributed by atoms with van der Waals surface area (Å²) in [7, 11) is -2.18. The predicted molar refractivity (Wildman–Crippen MR) is 122 cm³/mol. The van der Waals surface area contributed by atoms with Crippen molar-refractivity contribution >= 4 is 10.0 Å². The third-order valence-corrected chi connectivity index (χ3v) is 6.79. The Morgan fingerprint density at radius 2 is 1.53 bits per heavy atom. The van der Waals surface area contributed by atoms with Crippen molar-refractivity contribution in [2.24, 2.45) is 0 Å². The van der Waals surface area contributed by atoms with Crippen LogP contribution in [0.25, 0.3) is 0 Å². The summed E-state index contributed by atoms with van der Waals surface area (Å²) < 4.78 is 35.5. The summed E-state index contributed by atoms with van der Waals surface area (Å²) in [5.41, 5.74) is 4.40. The van der Waals surface area contributed by atoms with Gasteiger partial charge in [0.15, 0.2) is 0 Å². The fraction of sp³-hybridized carbons (Fsp3) is 0.280. The standard InChI is InChI=1S/C25H29NO3S/c1-17(2)22-16-24(19(4)15-23(22)29-5)30(27,28)26-25(20-11-7-6-8-12-20)21-13-9-10-18(3)14-21/h6-17,25-26H,1-5H3/t25-/m1/s1. The van der Waals surface area contributed by atoms with E-state index in [1.807, 2.05) is 75.4 Å². The Kier molecular flexibility index (Phi) is 6.64. The molecule has 0 spiro atoms. The first-order valence-electron chi connectivity index (χ1n) is 10.1. The van der Waals surface area contributed by atoms with Crippen molar-refractivity contribution in [3.8, 4) is 5.75 Å². The van der Waals surface area contributed by atoms with Gasteiger partial charge < -0.3 is 4.74 Å². The molecule has 0 aliphatic rings. The van der Waals surface area contributed by atoms with Gasteiger partial charge in [0.25, 0.3) is 0 Å². The summed E-state index contributed by atoms with van der Waals surface area (Å²) in [6.45, 7) is 7.85. The number of rotatable bonds is 7. The van der Waals surface area contributed by atoms with Gasteiger partial charge in [0, 0.05) is 0 Å². The van der Waals surface area contributed by atoms with Gasteiger partial charge in [-0.15, -0.1) is 0 Å². The van der Waals surface area contributed by atoms with Crippen LogP contribution in [0.15, 0.2) is 71.6 Å². The van der Waals surface area contributed by atoms with E-state index in [1.54, 1.807) is 26.2 Å². The van der Waals surface area contributed by atoms with Crippen LogP contribution in [0.4, 0.5) is 0 Å². The smallest absolute Gasteiger partial charge is 0.241 e. The highest BCUT2D eigenvalue weighted by Gasteiger charge is 2.26. The number of aryl methyl sites for hydroxylation is 2. The second-order valence-electron chi connectivity index (χ2n) is 7.89. The molecule has 3 rings (SSSR count). The number of ether oxygens (including phenoxy) is 1. The Morgan fingerprint density at radius 1 is 0.867 bits per heavy atom. The summed E-state index contributed by atoms with van der Waals surface area (Å²) >= 11 is 0. The second-order valence-corrected chi connectivity index (χ2v) is 9.58. The molecule has 1 atom stereocenters. The molecule has 0 aliphatic heterocycles. The Labute approximate surface area is 180 Å². The molecule has 0 aromatic heterocycles. The minimum atomic E-state index is -3.79. The fourth-order valence-corrected chi connectivity index (χ4v) is 5.11. The highest BCUT2D eigenvalue weighted by molar-refractivity contribution is 7.89. The lowest BCUT2D eigenvalue weighted by Gasteiger charge is -2.22. The van der Waals surface area contributed by atoms with E-state index in [0.29, 0.717) is 11.3 Å². The van der Waals surface area contributed by atoms with E-state index >= 15 is 0 Å². The molecule has 0 aliphatic carbocycles. The van der Waals surface area contributed by atoms with Crippen molar-refractivity contribution in [2.45, 2.75) is 44.6 Å². The van der Waals surface area contributed by atoms with Crippen molar-refractivity contribution in [1.29, 1.82) is 0 Å². The number of nitrogens with one attached hydrogen (secondary N) is 1. The highest BCUT2D eigenvalue weighted by atomic mass is 32.2. The molecular weight excluding hydrogens is 394 g/mol. The zero-order valence-corrected chi connectivity index (χ0v) is 19.0. The van der Waals surface area contributed by atoms with Gasteiger partial charge in [-0.2, -0.15) is 4.72 Å². The molecule has 30 heavy (non-hydrogen) atoms. The molecule has 3 aromatic carbocycles. The number of hydrogen-bond donors (Lipinski definition) is 1. The highest BCUT2D eigenvalue weighted by Crippen LogP contribution is 2.33. The second kappa shape index (κ2) is 9.02. The molecule has 0 radical (unpaired) electrons. The third kappa shape index (κ3) is 4.74. The average Bonchev–Trinajstić information content (AvgIpc) is 2.72. The van der Waals surface area contributed by atoms with Gasteiger partial charge in [-0.3, -0.25) is 0 Å². The first-order chi connectivity index (χ1) is 14.2. The summed E-state index contributed by atoms with van der Waals surface area (Å²) in [6.07, 6.45) is 0. The van der Waals surface area contributed by atoms with E-state index in [2.05, 4.69) is 4.72 Å². The molecular formula is C25H29NO3S. The zero-order chi connectivity index (χ0) is 21.9. The third-order valence-electron chi connectivity index (χ3n) is 5.22. The maximum absolute atomic E-state index is 13.5. The zero-order valence-electron chi connectivity index (χ0n) is 18.1. The minimum absolute atomic E-state index is 0.135. The molecule has 0 saturated carbocycles. The summed E-state index contributed by atoms with van der Waals surface area (Å²) in [5.74, 6) is 0.843. The van der Waals surface area contributed by atoms with Crippen LogP contribution in [0, 0.1) is 13.8 Å². The van der Waals surface area contributed by atoms with Crippen molar-refractivity contribution < 1.29 is 13.2 Å². The molecule has 0 fully saturated rings. The van der Waals surface area contributed by atoms with Crippen LogP contribution in [0.5, 0.6) is 5.75 Å².